The van der Waals surface area contributed by atoms with Crippen molar-refractivity contribution < 1.29 is 18.7 Å². The number of aromatic nitrogens is 3. The van der Waals surface area contributed by atoms with E-state index in [1.54, 1.807) is 32.2 Å². The average molecular weight is 341 g/mol. The van der Waals surface area contributed by atoms with Gasteiger partial charge in [-0.15, -0.1) is 5.10 Å². The molecule has 0 saturated carbocycles. The monoisotopic (exact) mass is 341 g/mol. The number of carbonyl (C=O) groups excluding carboxylic acids is 1. The van der Waals surface area contributed by atoms with Crippen molar-refractivity contribution in [1.29, 1.82) is 0 Å². The Labute approximate surface area is 143 Å². The molecule has 1 heterocycles. The standard InChI is InChI=1S/C18H16FN3O3/c1-12-17(20-21-22(12)15-8-6-14(19)7-9-15)18(23)25-11-13-4-3-5-16(10-13)24-2/h3-10H,11H2,1-2H3. The Morgan fingerprint density at radius 2 is 1.96 bits per heavy atom. The summed E-state index contributed by atoms with van der Waals surface area (Å²) in [7, 11) is 1.57. The predicted octanol–water partition coefficient (Wildman–Crippen LogP) is 3.08. The Kier molecular flexibility index (Phi) is 4.74. The third kappa shape index (κ3) is 3.65. The fourth-order valence-electron chi connectivity index (χ4n) is 2.32. The molecule has 0 radical (unpaired) electrons. The molecule has 0 amide bonds. The van der Waals surface area contributed by atoms with Crippen LogP contribution in [0.5, 0.6) is 5.75 Å². The molecular weight excluding hydrogens is 325 g/mol. The molecule has 1 aromatic heterocycles. The van der Waals surface area contributed by atoms with Crippen molar-refractivity contribution in [2.24, 2.45) is 0 Å². The molecule has 0 aliphatic rings. The van der Waals surface area contributed by atoms with Gasteiger partial charge in [0.15, 0.2) is 5.69 Å². The molecule has 0 aliphatic carbocycles. The number of benzene rings is 2. The minimum atomic E-state index is -0.575. The summed E-state index contributed by atoms with van der Waals surface area (Å²) < 4.78 is 24.9. The topological polar surface area (TPSA) is 66.2 Å². The largest absolute Gasteiger partial charge is 0.497 e. The minimum Gasteiger partial charge on any atom is -0.497 e. The van der Waals surface area contributed by atoms with Gasteiger partial charge < -0.3 is 9.47 Å². The van der Waals surface area contributed by atoms with Crippen LogP contribution >= 0.6 is 0 Å². The predicted molar refractivity (Wildman–Crippen MR) is 88.2 cm³/mol. The van der Waals surface area contributed by atoms with Crippen LogP contribution in [-0.4, -0.2) is 28.1 Å². The van der Waals surface area contributed by atoms with E-state index in [9.17, 15) is 9.18 Å². The third-order valence-electron chi connectivity index (χ3n) is 3.66. The van der Waals surface area contributed by atoms with Crippen LogP contribution in [0.3, 0.4) is 0 Å². The molecule has 3 aromatic rings. The first-order chi connectivity index (χ1) is 12.1. The molecule has 0 bridgehead atoms. The van der Waals surface area contributed by atoms with Crippen LogP contribution < -0.4 is 4.74 Å². The van der Waals surface area contributed by atoms with E-state index >= 15 is 0 Å². The molecule has 0 spiro atoms. The number of hydrogen-bond donors (Lipinski definition) is 0. The number of hydrogen-bond acceptors (Lipinski definition) is 5. The van der Waals surface area contributed by atoms with Crippen molar-refractivity contribution >= 4 is 5.97 Å². The second-order valence-corrected chi connectivity index (χ2v) is 5.34. The van der Waals surface area contributed by atoms with Crippen molar-refractivity contribution in [2.75, 3.05) is 7.11 Å². The van der Waals surface area contributed by atoms with Gasteiger partial charge in [-0.1, -0.05) is 17.3 Å². The summed E-state index contributed by atoms with van der Waals surface area (Å²) in [5, 5.41) is 7.82. The van der Waals surface area contributed by atoms with Gasteiger partial charge in [-0.05, 0) is 48.9 Å². The second-order valence-electron chi connectivity index (χ2n) is 5.34. The number of esters is 1. The summed E-state index contributed by atoms with van der Waals surface area (Å²) in [4.78, 5) is 12.3. The molecule has 3 rings (SSSR count). The van der Waals surface area contributed by atoms with Gasteiger partial charge in [0.1, 0.15) is 18.2 Å². The number of carbonyl (C=O) groups is 1. The fourth-order valence-corrected chi connectivity index (χ4v) is 2.32. The number of rotatable bonds is 5. The summed E-state index contributed by atoms with van der Waals surface area (Å²) >= 11 is 0. The van der Waals surface area contributed by atoms with Crippen LogP contribution in [0.4, 0.5) is 4.39 Å². The van der Waals surface area contributed by atoms with E-state index in [4.69, 9.17) is 9.47 Å². The summed E-state index contributed by atoms with van der Waals surface area (Å²) in [6.07, 6.45) is 0. The SMILES string of the molecule is COc1cccc(COC(=O)c2nnn(-c3ccc(F)cc3)c2C)c1. The Hall–Kier alpha value is -3.22. The highest BCUT2D eigenvalue weighted by atomic mass is 19.1. The summed E-state index contributed by atoms with van der Waals surface area (Å²) in [5.41, 5.74) is 2.05. The third-order valence-corrected chi connectivity index (χ3v) is 3.66. The molecule has 0 aliphatic heterocycles. The highest BCUT2D eigenvalue weighted by molar-refractivity contribution is 5.88. The Morgan fingerprint density at radius 1 is 1.20 bits per heavy atom. The average Bonchev–Trinajstić information content (AvgIpc) is 3.02. The minimum absolute atomic E-state index is 0.0961. The number of nitrogens with zero attached hydrogens (tertiary/aromatic N) is 3. The normalized spacial score (nSPS) is 10.5. The Bertz CT molecular complexity index is 891. The highest BCUT2D eigenvalue weighted by Gasteiger charge is 2.19. The zero-order chi connectivity index (χ0) is 17.8. The smallest absolute Gasteiger partial charge is 0.361 e. The van der Waals surface area contributed by atoms with Gasteiger partial charge in [0.25, 0.3) is 0 Å². The summed E-state index contributed by atoms with van der Waals surface area (Å²) in [6.45, 7) is 1.80. The van der Waals surface area contributed by atoms with Gasteiger partial charge in [0.2, 0.25) is 0 Å². The molecule has 6 nitrogen and oxygen atoms in total. The molecule has 0 unspecified atom stereocenters. The van der Waals surface area contributed by atoms with Gasteiger partial charge in [-0.25, -0.2) is 13.9 Å². The van der Waals surface area contributed by atoms with Crippen molar-refractivity contribution in [1.82, 2.24) is 15.0 Å². The lowest BCUT2D eigenvalue weighted by atomic mass is 10.2. The van der Waals surface area contributed by atoms with Crippen molar-refractivity contribution in [2.45, 2.75) is 13.5 Å². The van der Waals surface area contributed by atoms with Crippen LogP contribution in [0.2, 0.25) is 0 Å². The summed E-state index contributed by atoms with van der Waals surface area (Å²) in [6, 6.07) is 13.0. The first-order valence-corrected chi connectivity index (χ1v) is 7.57. The molecule has 2 aromatic carbocycles. The maximum Gasteiger partial charge on any atom is 0.361 e. The van der Waals surface area contributed by atoms with Gasteiger partial charge >= 0.3 is 5.97 Å². The van der Waals surface area contributed by atoms with Crippen LogP contribution in [-0.2, 0) is 11.3 Å². The van der Waals surface area contributed by atoms with Crippen molar-refractivity contribution in [3.63, 3.8) is 0 Å². The van der Waals surface area contributed by atoms with E-state index in [1.807, 2.05) is 18.2 Å². The van der Waals surface area contributed by atoms with E-state index < -0.39 is 5.97 Å². The van der Waals surface area contributed by atoms with Crippen molar-refractivity contribution in [3.8, 4) is 11.4 Å². The van der Waals surface area contributed by atoms with E-state index in [1.165, 1.54) is 16.8 Å². The van der Waals surface area contributed by atoms with E-state index in [2.05, 4.69) is 10.3 Å². The summed E-state index contributed by atoms with van der Waals surface area (Å²) in [5.74, 6) is -0.236. The molecule has 0 saturated heterocycles. The maximum absolute atomic E-state index is 13.0. The molecule has 128 valence electrons. The van der Waals surface area contributed by atoms with E-state index in [-0.39, 0.29) is 18.1 Å². The van der Waals surface area contributed by atoms with Crippen LogP contribution in [0.25, 0.3) is 5.69 Å². The number of methoxy groups -OCH3 is 1. The van der Waals surface area contributed by atoms with Crippen LogP contribution in [0.15, 0.2) is 48.5 Å². The maximum atomic E-state index is 13.0. The second kappa shape index (κ2) is 7.12. The van der Waals surface area contributed by atoms with Gasteiger partial charge in [0.05, 0.1) is 18.5 Å². The fraction of sp³-hybridized carbons (Fsp3) is 0.167. The van der Waals surface area contributed by atoms with Gasteiger partial charge in [-0.3, -0.25) is 0 Å². The molecule has 7 heteroatoms. The molecule has 0 fully saturated rings. The zero-order valence-corrected chi connectivity index (χ0v) is 13.8. The van der Waals surface area contributed by atoms with E-state index in [0.29, 0.717) is 17.1 Å². The van der Waals surface area contributed by atoms with Crippen molar-refractivity contribution in [3.05, 3.63) is 71.3 Å². The van der Waals surface area contributed by atoms with Crippen LogP contribution in [0.1, 0.15) is 21.7 Å². The quantitative estimate of drug-likeness (QED) is 0.667. The Balaban J connectivity index is 1.73. The lowest BCUT2D eigenvalue weighted by Crippen LogP contribution is -2.08. The van der Waals surface area contributed by atoms with Gasteiger partial charge in [0, 0.05) is 0 Å². The van der Waals surface area contributed by atoms with Crippen LogP contribution in [0, 0.1) is 12.7 Å². The lowest BCUT2D eigenvalue weighted by Gasteiger charge is -2.06. The van der Waals surface area contributed by atoms with Gasteiger partial charge in [-0.2, -0.15) is 0 Å². The Morgan fingerprint density at radius 3 is 2.68 bits per heavy atom. The molecule has 0 N–H and O–H groups in total. The van der Waals surface area contributed by atoms with E-state index in [0.717, 1.165) is 5.56 Å². The number of halogens is 1. The molecular formula is C18H16FN3O3. The molecule has 0 atom stereocenters. The first kappa shape index (κ1) is 16.6. The number of ether oxygens (including phenoxy) is 2. The highest BCUT2D eigenvalue weighted by Crippen LogP contribution is 2.16. The zero-order valence-electron chi connectivity index (χ0n) is 13.8. The molecule has 25 heavy (non-hydrogen) atoms. The lowest BCUT2D eigenvalue weighted by molar-refractivity contribution is 0.0464. The first-order valence-electron chi connectivity index (χ1n) is 7.57.